The molecule has 3 nitrogen and oxygen atoms in total. The zero-order valence-corrected chi connectivity index (χ0v) is 10.5. The van der Waals surface area contributed by atoms with E-state index < -0.39 is 0 Å². The van der Waals surface area contributed by atoms with Crippen molar-refractivity contribution in [3.05, 3.63) is 17.5 Å². The summed E-state index contributed by atoms with van der Waals surface area (Å²) in [4.78, 5) is 0. The maximum atomic E-state index is 5.49. The first-order valence-electron chi connectivity index (χ1n) is 7.10. The van der Waals surface area contributed by atoms with Crippen LogP contribution in [0.1, 0.15) is 62.2 Å². The molecule has 2 heterocycles. The van der Waals surface area contributed by atoms with Gasteiger partial charge in [0.25, 0.3) is 0 Å². The lowest BCUT2D eigenvalue weighted by Gasteiger charge is -2.21. The zero-order valence-electron chi connectivity index (χ0n) is 10.5. The highest BCUT2D eigenvalue weighted by molar-refractivity contribution is 5.20. The van der Waals surface area contributed by atoms with Crippen LogP contribution in [0, 0.1) is 0 Å². The van der Waals surface area contributed by atoms with Gasteiger partial charge in [0, 0.05) is 18.0 Å². The number of aromatic nitrogens is 1. The molecule has 1 aliphatic heterocycles. The highest BCUT2D eigenvalue weighted by Crippen LogP contribution is 2.34. The minimum atomic E-state index is 0.616. The Hall–Kier alpha value is -0.830. The van der Waals surface area contributed by atoms with Crippen molar-refractivity contribution in [2.24, 2.45) is 0 Å². The van der Waals surface area contributed by atoms with E-state index in [0.29, 0.717) is 12.0 Å². The van der Waals surface area contributed by atoms with Crippen molar-refractivity contribution in [3.8, 4) is 0 Å². The van der Waals surface area contributed by atoms with Crippen molar-refractivity contribution in [2.45, 2.75) is 63.3 Å². The van der Waals surface area contributed by atoms with Gasteiger partial charge >= 0.3 is 0 Å². The van der Waals surface area contributed by atoms with Gasteiger partial charge in [-0.05, 0) is 38.1 Å². The van der Waals surface area contributed by atoms with E-state index in [9.17, 15) is 0 Å². The number of hydrogen-bond acceptors (Lipinski definition) is 3. The van der Waals surface area contributed by atoms with Gasteiger partial charge in [0.1, 0.15) is 5.76 Å². The molecule has 0 aromatic carbocycles. The van der Waals surface area contributed by atoms with E-state index in [0.717, 1.165) is 18.7 Å². The molecule has 1 unspecified atom stereocenters. The van der Waals surface area contributed by atoms with E-state index in [1.165, 1.54) is 50.5 Å². The van der Waals surface area contributed by atoms with Gasteiger partial charge in [-0.3, -0.25) is 0 Å². The number of rotatable bonds is 3. The van der Waals surface area contributed by atoms with Crippen LogP contribution < -0.4 is 5.32 Å². The average molecular weight is 234 g/mol. The first kappa shape index (κ1) is 11.3. The van der Waals surface area contributed by atoms with Crippen LogP contribution in [0.3, 0.4) is 0 Å². The summed E-state index contributed by atoms with van der Waals surface area (Å²) in [6.45, 7) is 1.16. The van der Waals surface area contributed by atoms with Crippen molar-refractivity contribution in [2.75, 3.05) is 6.54 Å². The fourth-order valence-electron chi connectivity index (χ4n) is 3.33. The fraction of sp³-hybridized carbons (Fsp3) is 0.786. The Labute approximate surface area is 103 Å². The summed E-state index contributed by atoms with van der Waals surface area (Å²) in [5.41, 5.74) is 1.40. The van der Waals surface area contributed by atoms with Crippen LogP contribution in [0.2, 0.25) is 0 Å². The second-order valence-electron chi connectivity index (χ2n) is 5.54. The van der Waals surface area contributed by atoms with E-state index in [4.69, 9.17) is 4.52 Å². The third-order valence-electron chi connectivity index (χ3n) is 4.32. The number of nitrogens with one attached hydrogen (secondary N) is 1. The van der Waals surface area contributed by atoms with Gasteiger partial charge in [-0.15, -0.1) is 0 Å². The van der Waals surface area contributed by atoms with E-state index in [2.05, 4.69) is 10.5 Å². The Balaban J connectivity index is 1.69. The summed E-state index contributed by atoms with van der Waals surface area (Å²) >= 11 is 0. The van der Waals surface area contributed by atoms with E-state index >= 15 is 0 Å². The molecule has 1 aliphatic carbocycles. The highest BCUT2D eigenvalue weighted by Gasteiger charge is 2.24. The van der Waals surface area contributed by atoms with Crippen LogP contribution in [-0.2, 0) is 6.42 Å². The van der Waals surface area contributed by atoms with Crippen LogP contribution in [0.25, 0.3) is 0 Å². The summed E-state index contributed by atoms with van der Waals surface area (Å²) in [7, 11) is 0. The zero-order chi connectivity index (χ0) is 11.5. The molecule has 0 amide bonds. The molecule has 3 heteroatoms. The lowest BCUT2D eigenvalue weighted by molar-refractivity contribution is 0.362. The monoisotopic (exact) mass is 234 g/mol. The summed E-state index contributed by atoms with van der Waals surface area (Å²) in [5, 5.41) is 7.57. The predicted octanol–water partition coefficient (Wildman–Crippen LogP) is 3.02. The highest BCUT2D eigenvalue weighted by atomic mass is 16.5. The smallest absolute Gasteiger partial charge is 0.141 e. The Kier molecular flexibility index (Phi) is 3.46. The van der Waals surface area contributed by atoms with Crippen LogP contribution in [0.4, 0.5) is 0 Å². The Morgan fingerprint density at radius 2 is 2.06 bits per heavy atom. The summed E-state index contributed by atoms with van der Waals surface area (Å²) in [6, 6.07) is 0.616. The second kappa shape index (κ2) is 5.21. The molecule has 0 spiro atoms. The molecule has 1 aromatic heterocycles. The van der Waals surface area contributed by atoms with E-state index in [1.807, 2.05) is 6.20 Å². The summed E-state index contributed by atoms with van der Waals surface area (Å²) < 4.78 is 5.49. The average Bonchev–Trinajstić information content (AvgIpc) is 3.02. The Morgan fingerprint density at radius 1 is 1.18 bits per heavy atom. The van der Waals surface area contributed by atoms with Crippen molar-refractivity contribution in [1.82, 2.24) is 10.5 Å². The summed E-state index contributed by atoms with van der Waals surface area (Å²) in [5.74, 6) is 1.86. The third kappa shape index (κ3) is 2.54. The molecular weight excluding hydrogens is 212 g/mol. The first-order chi connectivity index (χ1) is 8.43. The van der Waals surface area contributed by atoms with Crippen LogP contribution in [0.15, 0.2) is 10.7 Å². The third-order valence-corrected chi connectivity index (χ3v) is 4.32. The first-order valence-corrected chi connectivity index (χ1v) is 7.10. The van der Waals surface area contributed by atoms with Gasteiger partial charge in [0.05, 0.1) is 6.20 Å². The molecule has 2 aliphatic rings. The topological polar surface area (TPSA) is 38.1 Å². The molecule has 0 bridgehead atoms. The SMILES string of the molecule is c1noc(CC2CCCN2)c1C1CCCCC1. The molecule has 2 fully saturated rings. The van der Waals surface area contributed by atoms with Gasteiger partial charge in [-0.1, -0.05) is 24.4 Å². The summed E-state index contributed by atoms with van der Waals surface area (Å²) in [6.07, 6.45) is 12.4. The molecule has 3 rings (SSSR count). The quantitative estimate of drug-likeness (QED) is 0.873. The maximum Gasteiger partial charge on any atom is 0.141 e. The van der Waals surface area contributed by atoms with Gasteiger partial charge in [0.2, 0.25) is 0 Å². The predicted molar refractivity (Wildman–Crippen MR) is 67.1 cm³/mol. The van der Waals surface area contributed by atoms with Gasteiger partial charge in [0.15, 0.2) is 0 Å². The number of nitrogens with zero attached hydrogens (tertiary/aromatic N) is 1. The van der Waals surface area contributed by atoms with Crippen molar-refractivity contribution < 1.29 is 4.52 Å². The van der Waals surface area contributed by atoms with Crippen molar-refractivity contribution >= 4 is 0 Å². The molecule has 1 saturated heterocycles. The van der Waals surface area contributed by atoms with Gasteiger partial charge in [-0.2, -0.15) is 0 Å². The van der Waals surface area contributed by atoms with Gasteiger partial charge < -0.3 is 9.84 Å². The molecule has 1 aromatic rings. The molecular formula is C14H22N2O. The lowest BCUT2D eigenvalue weighted by atomic mass is 9.84. The Bertz CT molecular complexity index is 349. The maximum absolute atomic E-state index is 5.49. The molecule has 0 radical (unpaired) electrons. The Morgan fingerprint density at radius 3 is 2.82 bits per heavy atom. The van der Waals surface area contributed by atoms with Crippen molar-refractivity contribution in [1.29, 1.82) is 0 Å². The molecule has 94 valence electrons. The molecule has 1 N–H and O–H groups in total. The molecule has 1 saturated carbocycles. The minimum absolute atomic E-state index is 0.616. The second-order valence-corrected chi connectivity index (χ2v) is 5.54. The van der Waals surface area contributed by atoms with Crippen LogP contribution in [-0.4, -0.2) is 17.7 Å². The van der Waals surface area contributed by atoms with E-state index in [-0.39, 0.29) is 0 Å². The molecule has 1 atom stereocenters. The molecule has 17 heavy (non-hydrogen) atoms. The number of hydrogen-bond donors (Lipinski definition) is 1. The standard InChI is InChI=1S/C14H22N2O/c1-2-5-11(6-3-1)13-10-16-17-14(13)9-12-7-4-8-15-12/h10-12,15H,1-9H2. The van der Waals surface area contributed by atoms with Gasteiger partial charge in [-0.25, -0.2) is 0 Å². The van der Waals surface area contributed by atoms with Crippen molar-refractivity contribution in [3.63, 3.8) is 0 Å². The largest absolute Gasteiger partial charge is 0.361 e. The normalized spacial score (nSPS) is 26.5. The fourth-order valence-corrected chi connectivity index (χ4v) is 3.33. The van der Waals surface area contributed by atoms with Crippen LogP contribution in [0.5, 0.6) is 0 Å². The minimum Gasteiger partial charge on any atom is -0.361 e. The van der Waals surface area contributed by atoms with E-state index in [1.54, 1.807) is 0 Å². The lowest BCUT2D eigenvalue weighted by Crippen LogP contribution is -2.24. The van der Waals surface area contributed by atoms with Crippen LogP contribution >= 0.6 is 0 Å².